The van der Waals surface area contributed by atoms with Crippen molar-refractivity contribution in [1.29, 1.82) is 0 Å². The lowest BCUT2D eigenvalue weighted by Crippen LogP contribution is -2.55. The highest BCUT2D eigenvalue weighted by Crippen LogP contribution is 2.42. The smallest absolute Gasteiger partial charge is 0.329 e. The summed E-state index contributed by atoms with van der Waals surface area (Å²) in [7, 11) is 0. The van der Waals surface area contributed by atoms with Gasteiger partial charge in [0.05, 0.1) is 12.6 Å². The molecule has 0 spiro atoms. The van der Waals surface area contributed by atoms with Crippen LogP contribution in [-0.2, 0) is 39.9 Å². The zero-order valence-corrected chi connectivity index (χ0v) is 27.1. The van der Waals surface area contributed by atoms with E-state index < -0.39 is 30.1 Å². The molecule has 2 fully saturated rings. The van der Waals surface area contributed by atoms with Crippen LogP contribution in [0.15, 0.2) is 42.5 Å². The van der Waals surface area contributed by atoms with Crippen molar-refractivity contribution in [1.82, 2.24) is 10.2 Å². The van der Waals surface area contributed by atoms with Crippen molar-refractivity contribution < 1.29 is 43.7 Å². The highest BCUT2D eigenvalue weighted by molar-refractivity contribution is 5.90. The van der Waals surface area contributed by atoms with E-state index in [1.807, 2.05) is 30.3 Å². The number of esters is 2. The minimum Gasteiger partial charge on any atom is -0.478 e. The number of unbranched alkanes of at least 4 members (excludes halogenated alkanes) is 3. The fourth-order valence-electron chi connectivity index (χ4n) is 5.83. The van der Waals surface area contributed by atoms with Crippen LogP contribution in [0.25, 0.3) is 0 Å². The number of carboxylic acids is 2. The predicted molar refractivity (Wildman–Crippen MR) is 171 cm³/mol. The molecule has 252 valence electrons. The number of hydrogen-bond donors (Lipinski definition) is 3. The van der Waals surface area contributed by atoms with Crippen molar-refractivity contribution in [3.63, 3.8) is 0 Å². The number of hydrogen-bond acceptors (Lipinski definition) is 8. The Morgan fingerprint density at radius 3 is 2.33 bits per heavy atom. The molecule has 1 saturated carbocycles. The Kier molecular flexibility index (Phi) is 17.2. The van der Waals surface area contributed by atoms with Crippen molar-refractivity contribution >= 4 is 29.8 Å². The first-order valence-corrected chi connectivity index (χ1v) is 16.1. The molecule has 1 aromatic rings. The van der Waals surface area contributed by atoms with Gasteiger partial charge in [-0.15, -0.1) is 0 Å². The van der Waals surface area contributed by atoms with Crippen molar-refractivity contribution in [3.8, 4) is 11.8 Å². The Bertz CT molecular complexity index is 1220. The third-order valence-electron chi connectivity index (χ3n) is 8.01. The molecule has 0 radical (unpaired) electrons. The summed E-state index contributed by atoms with van der Waals surface area (Å²) in [6.07, 6.45) is 10.0. The molecule has 1 heterocycles. The molecule has 0 unspecified atom stereocenters. The van der Waals surface area contributed by atoms with Crippen molar-refractivity contribution in [2.45, 2.75) is 109 Å². The van der Waals surface area contributed by atoms with Gasteiger partial charge in [-0.05, 0) is 63.9 Å². The second-order valence-corrected chi connectivity index (χ2v) is 11.4. The number of carbonyl (C=O) groups excluding carboxylic acids is 3. The molecule has 11 heteroatoms. The molecule has 1 saturated heterocycles. The van der Waals surface area contributed by atoms with Gasteiger partial charge in [0.1, 0.15) is 12.1 Å². The number of benzene rings is 1. The van der Waals surface area contributed by atoms with Crippen LogP contribution in [0.2, 0.25) is 0 Å². The van der Waals surface area contributed by atoms with Crippen molar-refractivity contribution in [2.24, 2.45) is 5.92 Å². The Morgan fingerprint density at radius 2 is 1.70 bits per heavy atom. The monoisotopic (exact) mass is 640 g/mol. The van der Waals surface area contributed by atoms with Crippen molar-refractivity contribution in [2.75, 3.05) is 13.2 Å². The fraction of sp³-hybridized carbons (Fsp3) is 0.571. The maximum absolute atomic E-state index is 13.7. The van der Waals surface area contributed by atoms with Crippen LogP contribution in [0.3, 0.4) is 0 Å². The average Bonchev–Trinajstić information content (AvgIpc) is 3.64. The topological polar surface area (TPSA) is 160 Å². The second kappa shape index (κ2) is 20.8. The maximum Gasteiger partial charge on any atom is 0.329 e. The summed E-state index contributed by atoms with van der Waals surface area (Å²) in [6, 6.07) is 8.11. The van der Waals surface area contributed by atoms with E-state index >= 15 is 0 Å². The number of ether oxygens (including phenoxy) is 2. The molecule has 0 bridgehead atoms. The minimum absolute atomic E-state index is 0.0368. The molecule has 1 aliphatic heterocycles. The lowest BCUT2D eigenvalue weighted by Gasteiger charge is -2.32. The van der Waals surface area contributed by atoms with E-state index in [0.29, 0.717) is 37.3 Å². The van der Waals surface area contributed by atoms with E-state index in [0.717, 1.165) is 50.5 Å². The molecule has 1 aromatic carbocycles. The van der Waals surface area contributed by atoms with Gasteiger partial charge in [-0.3, -0.25) is 14.9 Å². The standard InChI is InChI=1S/C31H44N2O5.C4H4O4/c1-4-6-7-8-9-13-21-38-31(36)28-22-25-17-14-18-27(25)33(28)29(34)23(3)32-26(30(35)37-5-2)20-19-24-15-11-10-12-16-24;5-3(6)1-2-4(7)8/h10-12,15-16,23,25-28,32H,4-8,14,17-22H2,1-3H3;1-2H,(H,5,6)(H,7,8)/b;2-1-/t23-,25-,26-,27-,28-;/m0./s1. The zero-order valence-electron chi connectivity index (χ0n) is 27.1. The van der Waals surface area contributed by atoms with Gasteiger partial charge in [-0.25, -0.2) is 14.4 Å². The number of aryl methyl sites for hydroxylation is 1. The van der Waals surface area contributed by atoms with E-state index in [1.54, 1.807) is 18.7 Å². The van der Waals surface area contributed by atoms with Gasteiger partial charge in [-0.1, -0.05) is 68.4 Å². The van der Waals surface area contributed by atoms with Gasteiger partial charge in [0.15, 0.2) is 6.61 Å². The Morgan fingerprint density at radius 1 is 1.00 bits per heavy atom. The Hall–Kier alpha value is -4.17. The van der Waals surface area contributed by atoms with E-state index in [2.05, 4.69) is 24.1 Å². The number of carbonyl (C=O) groups is 5. The van der Waals surface area contributed by atoms with Crippen LogP contribution < -0.4 is 5.32 Å². The van der Waals surface area contributed by atoms with Gasteiger partial charge in [0.25, 0.3) is 0 Å². The van der Waals surface area contributed by atoms with E-state index in [9.17, 15) is 24.0 Å². The predicted octanol–water partition coefficient (Wildman–Crippen LogP) is 4.14. The highest BCUT2D eigenvalue weighted by Gasteiger charge is 2.50. The number of aliphatic carboxylic acids is 2. The van der Waals surface area contributed by atoms with Crippen LogP contribution in [0.1, 0.15) is 84.1 Å². The first-order chi connectivity index (χ1) is 22.1. The lowest BCUT2D eigenvalue weighted by atomic mass is 10.0. The first kappa shape index (κ1) is 38.0. The third-order valence-corrected chi connectivity index (χ3v) is 8.01. The Balaban J connectivity index is 0.000000812. The molecule has 5 atom stereocenters. The summed E-state index contributed by atoms with van der Waals surface area (Å²) >= 11 is 0. The second-order valence-electron chi connectivity index (χ2n) is 11.4. The third kappa shape index (κ3) is 13.1. The fourth-order valence-corrected chi connectivity index (χ4v) is 5.83. The van der Waals surface area contributed by atoms with Crippen LogP contribution in [0.5, 0.6) is 0 Å². The number of fused-ring (bicyclic) bond motifs is 1. The molecule has 46 heavy (non-hydrogen) atoms. The van der Waals surface area contributed by atoms with Gasteiger partial charge in [0, 0.05) is 24.6 Å². The van der Waals surface area contributed by atoms with Crippen LogP contribution in [0, 0.1) is 17.8 Å². The average molecular weight is 641 g/mol. The molecule has 0 aromatic heterocycles. The minimum atomic E-state index is -1.26. The SMILES string of the molecule is CCCCCC#CCOC(=O)[C@@H]1C[C@@H]2CCC[C@@H]2N1C(=O)[C@H](C)N[C@@H](CCc1ccccc1)C(=O)OCC.O=C(O)/C=C\C(=O)O. The lowest BCUT2D eigenvalue weighted by molar-refractivity contribution is -0.154. The maximum atomic E-state index is 13.7. The summed E-state index contributed by atoms with van der Waals surface area (Å²) in [5.74, 6) is 2.88. The largest absolute Gasteiger partial charge is 0.478 e. The van der Waals surface area contributed by atoms with Gasteiger partial charge in [0.2, 0.25) is 5.91 Å². The van der Waals surface area contributed by atoms with Gasteiger partial charge >= 0.3 is 23.9 Å². The van der Waals surface area contributed by atoms with Gasteiger partial charge < -0.3 is 24.6 Å². The molecular weight excluding hydrogens is 592 g/mol. The molecule has 3 N–H and O–H groups in total. The van der Waals surface area contributed by atoms with Gasteiger partial charge in [-0.2, -0.15) is 0 Å². The number of rotatable bonds is 15. The Labute approximate surface area is 271 Å². The summed E-state index contributed by atoms with van der Waals surface area (Å²) in [5.41, 5.74) is 1.12. The number of likely N-dealkylation sites (tertiary alicyclic amines) is 1. The van der Waals surface area contributed by atoms with Crippen molar-refractivity contribution in [3.05, 3.63) is 48.0 Å². The molecule has 3 rings (SSSR count). The molecule has 1 aliphatic carbocycles. The van der Waals surface area contributed by atoms with E-state index in [1.165, 1.54) is 0 Å². The first-order valence-electron chi connectivity index (χ1n) is 16.1. The summed E-state index contributed by atoms with van der Waals surface area (Å²) in [6.45, 7) is 6.02. The number of amides is 1. The molecule has 1 amide bonds. The normalized spacial score (nSPS) is 19.5. The van der Waals surface area contributed by atoms with E-state index in [-0.39, 0.29) is 37.1 Å². The summed E-state index contributed by atoms with van der Waals surface area (Å²) in [4.78, 5) is 60.4. The van der Waals surface area contributed by atoms with E-state index in [4.69, 9.17) is 19.7 Å². The highest BCUT2D eigenvalue weighted by atomic mass is 16.5. The van der Waals surface area contributed by atoms with Crippen LogP contribution >= 0.6 is 0 Å². The summed E-state index contributed by atoms with van der Waals surface area (Å²) < 4.78 is 10.8. The van der Waals surface area contributed by atoms with Crippen LogP contribution in [-0.4, -0.2) is 82.3 Å². The zero-order chi connectivity index (χ0) is 33.9. The molecule has 2 aliphatic rings. The van der Waals surface area contributed by atoms with Crippen LogP contribution in [0.4, 0.5) is 0 Å². The number of carboxylic acid groups (broad SMARTS) is 2. The molecular formula is C35H48N2O9. The number of nitrogens with one attached hydrogen (secondary N) is 1. The summed E-state index contributed by atoms with van der Waals surface area (Å²) in [5, 5.41) is 18.8. The quantitative estimate of drug-likeness (QED) is 0.110. The number of nitrogens with zero attached hydrogens (tertiary/aromatic N) is 1. The molecule has 11 nitrogen and oxygen atoms in total.